The molecule has 0 unspecified atom stereocenters. The van der Waals surface area contributed by atoms with Gasteiger partial charge in [-0.1, -0.05) is 0 Å². The van der Waals surface area contributed by atoms with E-state index < -0.39 is 80.0 Å². The maximum absolute atomic E-state index is 13.4. The molecule has 1 rings (SSSR count). The SMILES string of the molecule is O=c1n(CCOP(=O)(OCCCl)OCCCl)c(=O)n(CCOP(=O)(OCCCl)OCCCl)c(=O)n1CCOP(=O)(OCCCl)OCCCl. The molecule has 0 spiro atoms. The Labute approximate surface area is 305 Å². The number of alkyl halides is 6. The molecule has 27 heteroatoms. The lowest BCUT2D eigenvalue weighted by Crippen LogP contribution is -2.55. The Balaban J connectivity index is 3.41. The summed E-state index contributed by atoms with van der Waals surface area (Å²) in [6.45, 7) is -4.86. The standard InChI is InChI=1S/C21H36Cl6N3O15P3/c22-1-10-37-46(34,38-11-2-23)43-16-7-28-19(31)29(8-17-44-47(35,39-12-3-24)40-13-4-25)21(33)30(20(28)32)9-18-45-48(36,41-14-5-26)42-15-6-27/h1-18H2. The Kier molecular flexibility index (Phi) is 24.7. The summed E-state index contributed by atoms with van der Waals surface area (Å²) in [4.78, 5) is 40.1. The molecule has 282 valence electrons. The highest BCUT2D eigenvalue weighted by atomic mass is 35.5. The number of nitrogens with zero attached hydrogens (tertiary/aromatic N) is 3. The Morgan fingerprint density at radius 2 is 0.521 bits per heavy atom. The highest BCUT2D eigenvalue weighted by molar-refractivity contribution is 7.49. The maximum atomic E-state index is 13.4. The molecular weight excluding hydrogens is 840 g/mol. The smallest absolute Gasteiger partial charge is 0.286 e. The molecule has 0 fully saturated rings. The van der Waals surface area contributed by atoms with Gasteiger partial charge >= 0.3 is 40.5 Å². The van der Waals surface area contributed by atoms with Crippen molar-refractivity contribution in [3.63, 3.8) is 0 Å². The maximum Gasteiger partial charge on any atom is 0.474 e. The first-order chi connectivity index (χ1) is 22.9. The molecular formula is C21H36Cl6N3O15P3. The molecule has 0 N–H and O–H groups in total. The van der Waals surface area contributed by atoms with E-state index in [9.17, 15) is 28.1 Å². The van der Waals surface area contributed by atoms with E-state index in [1.165, 1.54) is 0 Å². The van der Waals surface area contributed by atoms with Crippen molar-refractivity contribution in [3.05, 3.63) is 31.5 Å². The van der Waals surface area contributed by atoms with E-state index in [4.69, 9.17) is 110 Å². The number of rotatable bonds is 30. The van der Waals surface area contributed by atoms with Crippen LogP contribution in [0.3, 0.4) is 0 Å². The number of phosphoric acid groups is 3. The topological polar surface area (TPSA) is 200 Å². The van der Waals surface area contributed by atoms with Gasteiger partial charge in [-0.15, -0.1) is 69.6 Å². The molecule has 0 amide bonds. The van der Waals surface area contributed by atoms with Crippen LogP contribution < -0.4 is 17.1 Å². The van der Waals surface area contributed by atoms with Gasteiger partial charge in [0.25, 0.3) is 0 Å². The zero-order chi connectivity index (χ0) is 36.1. The Morgan fingerprint density at radius 1 is 0.354 bits per heavy atom. The normalized spacial score (nSPS) is 12.6. The molecule has 0 aromatic carbocycles. The molecule has 0 radical (unpaired) electrons. The minimum absolute atomic E-state index is 0.0572. The molecule has 0 aliphatic rings. The van der Waals surface area contributed by atoms with Crippen LogP contribution in [0.1, 0.15) is 0 Å². The third kappa shape index (κ3) is 16.9. The van der Waals surface area contributed by atoms with Crippen molar-refractivity contribution in [1.29, 1.82) is 0 Å². The van der Waals surface area contributed by atoms with Gasteiger partial charge in [0.05, 0.1) is 79.1 Å². The van der Waals surface area contributed by atoms with E-state index in [0.717, 1.165) is 0 Å². The summed E-state index contributed by atoms with van der Waals surface area (Å²) in [6, 6.07) is 0. The molecule has 0 aliphatic heterocycles. The van der Waals surface area contributed by atoms with Crippen LogP contribution in [0.4, 0.5) is 0 Å². The fourth-order valence-electron chi connectivity index (χ4n) is 3.20. The van der Waals surface area contributed by atoms with Crippen molar-refractivity contribution in [2.24, 2.45) is 0 Å². The zero-order valence-electron chi connectivity index (χ0n) is 25.3. The molecule has 0 saturated heterocycles. The summed E-state index contributed by atoms with van der Waals surface area (Å²) in [6.07, 6.45) is 0. The van der Waals surface area contributed by atoms with Crippen LogP contribution in [0.5, 0.6) is 0 Å². The molecule has 0 atom stereocenters. The van der Waals surface area contributed by atoms with Crippen molar-refractivity contribution in [2.75, 3.05) is 94.7 Å². The van der Waals surface area contributed by atoms with Crippen LogP contribution in [0.15, 0.2) is 14.4 Å². The van der Waals surface area contributed by atoms with Gasteiger partial charge in [0, 0.05) is 35.3 Å². The first kappa shape index (κ1) is 46.5. The highest BCUT2D eigenvalue weighted by Crippen LogP contribution is 2.50. The van der Waals surface area contributed by atoms with Gasteiger partial charge in [0.1, 0.15) is 0 Å². The Morgan fingerprint density at radius 3 is 0.688 bits per heavy atom. The van der Waals surface area contributed by atoms with E-state index in [1.807, 2.05) is 0 Å². The largest absolute Gasteiger partial charge is 0.474 e. The fourth-order valence-corrected chi connectivity index (χ4v) is 7.79. The predicted molar refractivity (Wildman–Crippen MR) is 180 cm³/mol. The van der Waals surface area contributed by atoms with Crippen molar-refractivity contribution in [3.8, 4) is 0 Å². The second-order valence-corrected chi connectivity index (χ2v) is 15.6. The Hall–Kier alpha value is 0.480. The van der Waals surface area contributed by atoms with Crippen molar-refractivity contribution < 1.29 is 54.4 Å². The predicted octanol–water partition coefficient (Wildman–Crippen LogP) is 4.08. The van der Waals surface area contributed by atoms with E-state index in [1.54, 1.807) is 0 Å². The van der Waals surface area contributed by atoms with E-state index in [-0.39, 0.29) is 74.9 Å². The van der Waals surface area contributed by atoms with Crippen molar-refractivity contribution in [1.82, 2.24) is 13.7 Å². The fraction of sp³-hybridized carbons (Fsp3) is 0.857. The summed E-state index contributed by atoms with van der Waals surface area (Å²) in [5.74, 6) is -0.343. The van der Waals surface area contributed by atoms with Gasteiger partial charge in [0.2, 0.25) is 0 Å². The minimum Gasteiger partial charge on any atom is -0.286 e. The lowest BCUT2D eigenvalue weighted by atomic mass is 10.6. The minimum atomic E-state index is -4.22. The first-order valence-corrected chi connectivity index (χ1v) is 21.4. The molecule has 1 aromatic rings. The van der Waals surface area contributed by atoms with Gasteiger partial charge < -0.3 is 0 Å². The molecule has 18 nitrogen and oxygen atoms in total. The number of hydrogen-bond donors (Lipinski definition) is 0. The average molecular weight is 876 g/mol. The summed E-state index contributed by atoms with van der Waals surface area (Å²) in [5.41, 5.74) is -3.48. The summed E-state index contributed by atoms with van der Waals surface area (Å²) >= 11 is 33.5. The van der Waals surface area contributed by atoms with Crippen LogP contribution in [0.25, 0.3) is 0 Å². The molecule has 1 heterocycles. The van der Waals surface area contributed by atoms with E-state index in [2.05, 4.69) is 0 Å². The first-order valence-electron chi connectivity index (χ1n) is 13.8. The highest BCUT2D eigenvalue weighted by Gasteiger charge is 2.29. The Bertz CT molecular complexity index is 1170. The van der Waals surface area contributed by atoms with Crippen LogP contribution >= 0.6 is 93.1 Å². The second-order valence-electron chi connectivity index (χ2n) is 8.28. The summed E-state index contributed by atoms with van der Waals surface area (Å²) < 4.78 is 86.3. The zero-order valence-corrected chi connectivity index (χ0v) is 32.5. The van der Waals surface area contributed by atoms with Crippen molar-refractivity contribution in [2.45, 2.75) is 19.6 Å². The summed E-state index contributed by atoms with van der Waals surface area (Å²) in [5, 5.41) is 0. The summed E-state index contributed by atoms with van der Waals surface area (Å²) in [7, 11) is -12.7. The number of halogens is 6. The quantitative estimate of drug-likeness (QED) is 0.0791. The molecule has 48 heavy (non-hydrogen) atoms. The van der Waals surface area contributed by atoms with Crippen molar-refractivity contribution >= 4 is 93.1 Å². The van der Waals surface area contributed by atoms with Gasteiger partial charge in [-0.2, -0.15) is 0 Å². The van der Waals surface area contributed by atoms with Crippen LogP contribution in [-0.2, 0) is 74.0 Å². The number of hydrogen-bond acceptors (Lipinski definition) is 15. The van der Waals surface area contributed by atoms with Gasteiger partial charge in [-0.25, -0.2) is 41.8 Å². The van der Waals surface area contributed by atoms with Crippen LogP contribution in [-0.4, -0.2) is 108 Å². The molecule has 0 bridgehead atoms. The van der Waals surface area contributed by atoms with E-state index >= 15 is 0 Å². The monoisotopic (exact) mass is 873 g/mol. The van der Waals surface area contributed by atoms with Gasteiger partial charge in [-0.3, -0.25) is 40.7 Å². The lowest BCUT2D eigenvalue weighted by molar-refractivity contribution is 0.115. The average Bonchev–Trinajstić information content (AvgIpc) is 3.07. The third-order valence-corrected chi connectivity index (χ3v) is 10.5. The van der Waals surface area contributed by atoms with Gasteiger partial charge in [0.15, 0.2) is 0 Å². The van der Waals surface area contributed by atoms with E-state index in [0.29, 0.717) is 13.7 Å². The number of aromatic nitrogens is 3. The molecule has 1 aromatic heterocycles. The van der Waals surface area contributed by atoms with Gasteiger partial charge in [-0.05, 0) is 0 Å². The van der Waals surface area contributed by atoms with Crippen LogP contribution in [0.2, 0.25) is 0 Å². The molecule has 0 saturated carbocycles. The number of phosphoric ester groups is 3. The molecule has 0 aliphatic carbocycles. The third-order valence-electron chi connectivity index (χ3n) is 5.04. The second kappa shape index (κ2) is 25.5. The lowest BCUT2D eigenvalue weighted by Gasteiger charge is -2.19. The van der Waals surface area contributed by atoms with Crippen LogP contribution in [0, 0.1) is 0 Å².